The summed E-state index contributed by atoms with van der Waals surface area (Å²) in [5.74, 6) is -0.296. The summed E-state index contributed by atoms with van der Waals surface area (Å²) in [6, 6.07) is 9.77. The Hall–Kier alpha value is -3.89. The van der Waals surface area contributed by atoms with Crippen molar-refractivity contribution in [3.63, 3.8) is 0 Å². The molecular weight excluding hydrogens is 461 g/mol. The van der Waals surface area contributed by atoms with E-state index in [-0.39, 0.29) is 30.1 Å². The van der Waals surface area contributed by atoms with Crippen LogP contribution >= 0.6 is 0 Å². The summed E-state index contributed by atoms with van der Waals surface area (Å²) in [7, 11) is 0. The van der Waals surface area contributed by atoms with E-state index in [1.807, 2.05) is 43.0 Å². The van der Waals surface area contributed by atoms with E-state index in [1.165, 1.54) is 16.9 Å². The van der Waals surface area contributed by atoms with Crippen molar-refractivity contribution in [2.75, 3.05) is 24.5 Å². The Morgan fingerprint density at radius 1 is 1.14 bits per heavy atom. The number of halogens is 3. The highest BCUT2D eigenvalue weighted by Crippen LogP contribution is 2.29. The molecule has 0 atom stereocenters. The van der Waals surface area contributed by atoms with Gasteiger partial charge in [-0.05, 0) is 35.7 Å². The second-order valence-corrected chi connectivity index (χ2v) is 8.53. The summed E-state index contributed by atoms with van der Waals surface area (Å²) in [6.07, 6.45) is -2.34. The molecule has 3 heterocycles. The molecule has 0 aliphatic carbocycles. The summed E-state index contributed by atoms with van der Waals surface area (Å²) in [4.78, 5) is 30.4. The van der Waals surface area contributed by atoms with Crippen LogP contribution in [0, 0.1) is 0 Å². The third-order valence-electron chi connectivity index (χ3n) is 5.68. The fourth-order valence-electron chi connectivity index (χ4n) is 3.91. The number of nitrogens with one attached hydrogen (secondary N) is 2. The fourth-order valence-corrected chi connectivity index (χ4v) is 3.91. The maximum Gasteiger partial charge on any atom is 0.417 e. The number of hydrogen-bond donors (Lipinski definition) is 2. The van der Waals surface area contributed by atoms with Crippen molar-refractivity contribution in [1.29, 1.82) is 0 Å². The minimum atomic E-state index is -4.48. The minimum Gasteiger partial charge on any atom is -0.360 e. The number of carbonyl (C=O) groups excluding carboxylic acids is 2. The molecule has 1 aromatic carbocycles. The third-order valence-corrected chi connectivity index (χ3v) is 5.68. The average molecular weight is 486 g/mol. The third kappa shape index (κ3) is 5.44. The maximum atomic E-state index is 12.9. The molecule has 1 fully saturated rings. The van der Waals surface area contributed by atoms with Gasteiger partial charge in [-0.1, -0.05) is 26.0 Å². The first kappa shape index (κ1) is 24.2. The lowest BCUT2D eigenvalue weighted by Crippen LogP contribution is -2.47. The Labute approximate surface area is 200 Å². The van der Waals surface area contributed by atoms with Crippen LogP contribution in [-0.2, 0) is 17.5 Å². The molecule has 0 saturated carbocycles. The monoisotopic (exact) mass is 486 g/mol. The van der Waals surface area contributed by atoms with Crippen LogP contribution in [0.3, 0.4) is 0 Å². The van der Waals surface area contributed by atoms with Crippen LogP contribution in [0.25, 0.3) is 5.82 Å². The number of pyridine rings is 1. The van der Waals surface area contributed by atoms with E-state index in [0.29, 0.717) is 24.3 Å². The van der Waals surface area contributed by atoms with Gasteiger partial charge in [-0.3, -0.25) is 9.59 Å². The van der Waals surface area contributed by atoms with Crippen molar-refractivity contribution < 1.29 is 22.8 Å². The van der Waals surface area contributed by atoms with Crippen LogP contribution in [0.2, 0.25) is 0 Å². The van der Waals surface area contributed by atoms with Crippen molar-refractivity contribution in [1.82, 2.24) is 25.4 Å². The van der Waals surface area contributed by atoms with E-state index in [9.17, 15) is 22.8 Å². The van der Waals surface area contributed by atoms with Crippen molar-refractivity contribution in [2.24, 2.45) is 0 Å². The molecule has 2 N–H and O–H groups in total. The minimum absolute atomic E-state index is 0.0133. The molecule has 0 spiro atoms. The molecule has 184 valence electrons. The number of anilines is 1. The Morgan fingerprint density at radius 3 is 2.49 bits per heavy atom. The number of aromatic nitrogens is 3. The van der Waals surface area contributed by atoms with Gasteiger partial charge >= 0.3 is 6.18 Å². The van der Waals surface area contributed by atoms with Gasteiger partial charge in [0.05, 0.1) is 29.6 Å². The molecule has 2 amide bonds. The van der Waals surface area contributed by atoms with Crippen LogP contribution in [0.1, 0.15) is 46.9 Å². The van der Waals surface area contributed by atoms with Crippen LogP contribution in [-0.4, -0.2) is 46.2 Å². The molecule has 8 nitrogen and oxygen atoms in total. The molecule has 3 aromatic rings. The van der Waals surface area contributed by atoms with Crippen LogP contribution in [0.5, 0.6) is 0 Å². The summed E-state index contributed by atoms with van der Waals surface area (Å²) >= 11 is 0. The lowest BCUT2D eigenvalue weighted by molar-refractivity contribution is -0.137. The van der Waals surface area contributed by atoms with E-state index >= 15 is 0 Å². The van der Waals surface area contributed by atoms with Gasteiger partial charge in [0.15, 0.2) is 5.82 Å². The SMILES string of the molecule is CC(C)c1c(C(=O)NCc2ccc(N3CCNC(=O)C3)cc2)cnn1-c1ccc(C(F)(F)F)cn1. The summed E-state index contributed by atoms with van der Waals surface area (Å²) in [6.45, 7) is 5.66. The zero-order valence-electron chi connectivity index (χ0n) is 19.3. The number of benzene rings is 1. The average Bonchev–Trinajstić information content (AvgIpc) is 3.28. The zero-order chi connectivity index (χ0) is 25.2. The van der Waals surface area contributed by atoms with Gasteiger partial charge in [0, 0.05) is 31.5 Å². The Balaban J connectivity index is 1.46. The fraction of sp³-hybridized carbons (Fsp3) is 0.333. The lowest BCUT2D eigenvalue weighted by Gasteiger charge is -2.28. The highest BCUT2D eigenvalue weighted by molar-refractivity contribution is 5.95. The summed E-state index contributed by atoms with van der Waals surface area (Å²) in [5.41, 5.74) is 1.84. The smallest absolute Gasteiger partial charge is 0.360 e. The first-order chi connectivity index (χ1) is 16.6. The van der Waals surface area contributed by atoms with Crippen molar-refractivity contribution in [3.8, 4) is 5.82 Å². The molecule has 0 bridgehead atoms. The van der Waals surface area contributed by atoms with Crippen LogP contribution < -0.4 is 15.5 Å². The molecule has 1 aliphatic heterocycles. The zero-order valence-corrected chi connectivity index (χ0v) is 19.3. The number of piperazine rings is 1. The van der Waals surface area contributed by atoms with Gasteiger partial charge in [0.25, 0.3) is 5.91 Å². The molecular formula is C24H25F3N6O2. The normalized spacial score (nSPS) is 14.2. The van der Waals surface area contributed by atoms with Crippen molar-refractivity contribution in [2.45, 2.75) is 32.5 Å². The predicted octanol–water partition coefficient (Wildman–Crippen LogP) is 3.28. The Kier molecular flexibility index (Phi) is 6.77. The van der Waals surface area contributed by atoms with Crippen LogP contribution in [0.15, 0.2) is 48.8 Å². The van der Waals surface area contributed by atoms with E-state index in [0.717, 1.165) is 30.1 Å². The summed E-state index contributed by atoms with van der Waals surface area (Å²) < 4.78 is 40.0. The highest BCUT2D eigenvalue weighted by atomic mass is 19.4. The molecule has 2 aromatic heterocycles. The Bertz CT molecular complexity index is 1200. The van der Waals surface area contributed by atoms with Gasteiger partial charge in [0.2, 0.25) is 5.91 Å². The molecule has 0 unspecified atom stereocenters. The van der Waals surface area contributed by atoms with Gasteiger partial charge in [-0.25, -0.2) is 9.67 Å². The van der Waals surface area contributed by atoms with Crippen molar-refractivity contribution >= 4 is 17.5 Å². The number of rotatable bonds is 6. The molecule has 4 rings (SSSR count). The van der Waals surface area contributed by atoms with E-state index in [1.54, 1.807) is 0 Å². The standard InChI is InChI=1S/C24H25F3N6O2/c1-15(2)22-19(13-31-33(22)20-8-5-17(12-29-20)24(25,26)27)23(35)30-11-16-3-6-18(7-4-16)32-10-9-28-21(34)14-32/h3-8,12-13,15H,9-11,14H2,1-2H3,(H,28,34)(H,30,35). The van der Waals surface area contributed by atoms with Crippen molar-refractivity contribution in [3.05, 3.63) is 71.2 Å². The van der Waals surface area contributed by atoms with E-state index in [2.05, 4.69) is 20.7 Å². The number of nitrogens with zero attached hydrogens (tertiary/aromatic N) is 4. The number of alkyl halides is 3. The number of hydrogen-bond acceptors (Lipinski definition) is 5. The molecule has 0 radical (unpaired) electrons. The summed E-state index contributed by atoms with van der Waals surface area (Å²) in [5, 5.41) is 9.88. The van der Waals surface area contributed by atoms with Gasteiger partial charge in [0.1, 0.15) is 0 Å². The second-order valence-electron chi connectivity index (χ2n) is 8.53. The van der Waals surface area contributed by atoms with E-state index < -0.39 is 11.7 Å². The molecule has 11 heteroatoms. The number of carbonyl (C=O) groups is 2. The molecule has 1 aliphatic rings. The first-order valence-electron chi connectivity index (χ1n) is 11.1. The number of amides is 2. The second kappa shape index (κ2) is 9.77. The highest BCUT2D eigenvalue weighted by Gasteiger charge is 2.31. The quantitative estimate of drug-likeness (QED) is 0.558. The lowest BCUT2D eigenvalue weighted by atomic mass is 10.1. The topological polar surface area (TPSA) is 92.2 Å². The first-order valence-corrected chi connectivity index (χ1v) is 11.1. The van der Waals surface area contributed by atoms with Gasteiger partial charge in [-0.2, -0.15) is 18.3 Å². The Morgan fingerprint density at radius 2 is 1.89 bits per heavy atom. The van der Waals surface area contributed by atoms with Gasteiger partial charge < -0.3 is 15.5 Å². The molecule has 1 saturated heterocycles. The van der Waals surface area contributed by atoms with Gasteiger partial charge in [-0.15, -0.1) is 0 Å². The van der Waals surface area contributed by atoms with Crippen LogP contribution in [0.4, 0.5) is 18.9 Å². The van der Waals surface area contributed by atoms with E-state index in [4.69, 9.17) is 0 Å². The predicted molar refractivity (Wildman–Crippen MR) is 123 cm³/mol. The maximum absolute atomic E-state index is 12.9. The largest absolute Gasteiger partial charge is 0.417 e. The molecule has 35 heavy (non-hydrogen) atoms.